The van der Waals surface area contributed by atoms with Gasteiger partial charge in [-0.25, -0.2) is 4.79 Å². The molecule has 1 aromatic rings. The van der Waals surface area contributed by atoms with Crippen LogP contribution in [0.3, 0.4) is 0 Å². The average Bonchev–Trinajstić information content (AvgIpc) is 2.61. The zero-order chi connectivity index (χ0) is 19.2. The maximum Gasteiger partial charge on any atom is 0.339 e. The number of phenols is 2. The molecule has 0 radical (unpaired) electrons. The molecule has 0 spiro atoms. The summed E-state index contributed by atoms with van der Waals surface area (Å²) in [5.74, 6) is -2.13. The van der Waals surface area contributed by atoms with Crippen LogP contribution in [0, 0.1) is 0 Å². The van der Waals surface area contributed by atoms with E-state index in [1.165, 1.54) is 31.7 Å². The number of aromatic hydroxyl groups is 2. The molecule has 0 aromatic heterocycles. The molecule has 0 aliphatic carbocycles. The van der Waals surface area contributed by atoms with Gasteiger partial charge in [-0.2, -0.15) is 0 Å². The normalized spacial score (nSPS) is 11.0. The molecule has 5 nitrogen and oxygen atoms in total. The van der Waals surface area contributed by atoms with Gasteiger partial charge in [0, 0.05) is 13.2 Å². The lowest BCUT2D eigenvalue weighted by Gasteiger charge is -2.09. The quantitative estimate of drug-likeness (QED) is 0.290. The molecule has 0 aliphatic rings. The zero-order valence-electron chi connectivity index (χ0n) is 16.0. The molecule has 1 rings (SSSR count). The van der Waals surface area contributed by atoms with Gasteiger partial charge in [-0.05, 0) is 37.3 Å². The molecular weight excluding hydrogens is 332 g/mol. The summed E-state index contributed by atoms with van der Waals surface area (Å²) in [6.07, 6.45) is 12.0. The SMILES string of the molecule is CCCCCCOCCCCCCCCc1ccc(O)c(O)c1C(=O)O. The number of aromatic carboxylic acids is 1. The van der Waals surface area contributed by atoms with Crippen LogP contribution in [-0.2, 0) is 11.2 Å². The van der Waals surface area contributed by atoms with Crippen LogP contribution in [0.1, 0.15) is 87.1 Å². The summed E-state index contributed by atoms with van der Waals surface area (Å²) >= 11 is 0. The van der Waals surface area contributed by atoms with Crippen LogP contribution < -0.4 is 0 Å². The van der Waals surface area contributed by atoms with Gasteiger partial charge in [-0.3, -0.25) is 0 Å². The molecule has 26 heavy (non-hydrogen) atoms. The van der Waals surface area contributed by atoms with E-state index in [4.69, 9.17) is 4.74 Å². The fraction of sp³-hybridized carbons (Fsp3) is 0.667. The molecule has 0 fully saturated rings. The van der Waals surface area contributed by atoms with E-state index in [0.717, 1.165) is 51.7 Å². The second kappa shape index (κ2) is 13.5. The van der Waals surface area contributed by atoms with Crippen molar-refractivity contribution in [1.82, 2.24) is 0 Å². The van der Waals surface area contributed by atoms with Gasteiger partial charge in [0.05, 0.1) is 0 Å². The summed E-state index contributed by atoms with van der Waals surface area (Å²) in [6, 6.07) is 2.93. The van der Waals surface area contributed by atoms with Gasteiger partial charge in [0.1, 0.15) is 5.56 Å². The number of aryl methyl sites for hydroxylation is 1. The average molecular weight is 366 g/mol. The number of carboxylic acid groups (broad SMARTS) is 1. The Bertz CT molecular complexity index is 527. The molecule has 0 unspecified atom stereocenters. The zero-order valence-corrected chi connectivity index (χ0v) is 16.0. The van der Waals surface area contributed by atoms with E-state index in [1.807, 2.05) is 0 Å². The minimum atomic E-state index is -1.21. The van der Waals surface area contributed by atoms with Crippen LogP contribution in [0.15, 0.2) is 12.1 Å². The lowest BCUT2D eigenvalue weighted by atomic mass is 9.99. The number of hydrogen-bond donors (Lipinski definition) is 3. The van der Waals surface area contributed by atoms with Gasteiger partial charge in [0.25, 0.3) is 0 Å². The molecule has 1 aromatic carbocycles. The molecule has 0 heterocycles. The predicted molar refractivity (Wildman–Crippen MR) is 103 cm³/mol. The first-order chi connectivity index (χ1) is 12.6. The van der Waals surface area contributed by atoms with E-state index in [0.29, 0.717) is 12.0 Å². The third-order valence-electron chi connectivity index (χ3n) is 4.58. The summed E-state index contributed by atoms with van der Waals surface area (Å²) in [6.45, 7) is 3.94. The Morgan fingerprint density at radius 3 is 2.08 bits per heavy atom. The molecular formula is C21H34O5. The lowest BCUT2D eigenvalue weighted by molar-refractivity contribution is 0.0691. The molecule has 3 N–H and O–H groups in total. The highest BCUT2D eigenvalue weighted by Gasteiger charge is 2.18. The van der Waals surface area contributed by atoms with Crippen molar-refractivity contribution in [1.29, 1.82) is 0 Å². The van der Waals surface area contributed by atoms with Crippen LogP contribution in [0.4, 0.5) is 0 Å². The number of carbonyl (C=O) groups is 1. The standard InChI is InChI=1S/C21H34O5/c1-2-3-4-10-15-26-16-11-8-6-5-7-9-12-17-13-14-18(22)20(23)19(17)21(24)25/h13-14,22-23H,2-12,15-16H2,1H3,(H,24,25). The highest BCUT2D eigenvalue weighted by atomic mass is 16.5. The third kappa shape index (κ3) is 8.56. The first-order valence-electron chi connectivity index (χ1n) is 9.92. The van der Waals surface area contributed by atoms with Gasteiger partial charge in [-0.15, -0.1) is 0 Å². The highest BCUT2D eigenvalue weighted by Crippen LogP contribution is 2.32. The van der Waals surface area contributed by atoms with Crippen LogP contribution in [0.2, 0.25) is 0 Å². The van der Waals surface area contributed by atoms with Crippen molar-refractivity contribution in [2.24, 2.45) is 0 Å². The summed E-state index contributed by atoms with van der Waals surface area (Å²) in [4.78, 5) is 11.2. The van der Waals surface area contributed by atoms with E-state index in [9.17, 15) is 20.1 Å². The van der Waals surface area contributed by atoms with E-state index in [2.05, 4.69) is 6.92 Å². The Morgan fingerprint density at radius 1 is 0.885 bits per heavy atom. The Balaban J connectivity index is 2.08. The summed E-state index contributed by atoms with van der Waals surface area (Å²) in [7, 11) is 0. The van der Waals surface area contributed by atoms with Crippen LogP contribution in [0.25, 0.3) is 0 Å². The Hall–Kier alpha value is -1.75. The number of carboxylic acids is 1. The molecule has 0 saturated carbocycles. The first kappa shape index (κ1) is 22.3. The van der Waals surface area contributed by atoms with Crippen molar-refractivity contribution in [3.63, 3.8) is 0 Å². The highest BCUT2D eigenvalue weighted by molar-refractivity contribution is 5.93. The first-order valence-corrected chi connectivity index (χ1v) is 9.92. The maximum absolute atomic E-state index is 11.2. The van der Waals surface area contributed by atoms with Gasteiger partial charge in [0.2, 0.25) is 0 Å². The Labute approximate surface area is 157 Å². The van der Waals surface area contributed by atoms with E-state index < -0.39 is 17.5 Å². The van der Waals surface area contributed by atoms with Crippen molar-refractivity contribution < 1.29 is 24.9 Å². The summed E-state index contributed by atoms with van der Waals surface area (Å²) in [5.41, 5.74) is 0.394. The van der Waals surface area contributed by atoms with E-state index in [1.54, 1.807) is 6.07 Å². The van der Waals surface area contributed by atoms with Crippen LogP contribution in [0.5, 0.6) is 11.5 Å². The van der Waals surface area contributed by atoms with Gasteiger partial charge < -0.3 is 20.1 Å². The number of unbranched alkanes of at least 4 members (excludes halogenated alkanes) is 8. The van der Waals surface area contributed by atoms with E-state index in [-0.39, 0.29) is 5.56 Å². The fourth-order valence-electron chi connectivity index (χ4n) is 3.03. The molecule has 148 valence electrons. The van der Waals surface area contributed by atoms with Gasteiger partial charge >= 0.3 is 5.97 Å². The molecule has 0 amide bonds. The van der Waals surface area contributed by atoms with Crippen molar-refractivity contribution in [3.05, 3.63) is 23.3 Å². The minimum Gasteiger partial charge on any atom is -0.504 e. The number of phenolic OH excluding ortho intramolecular Hbond substituents is 1. The lowest BCUT2D eigenvalue weighted by Crippen LogP contribution is -2.03. The van der Waals surface area contributed by atoms with Crippen molar-refractivity contribution in [3.8, 4) is 11.5 Å². The second-order valence-corrected chi connectivity index (χ2v) is 6.82. The second-order valence-electron chi connectivity index (χ2n) is 6.82. The Kier molecular flexibility index (Phi) is 11.5. The maximum atomic E-state index is 11.2. The number of rotatable bonds is 15. The molecule has 0 bridgehead atoms. The van der Waals surface area contributed by atoms with Gasteiger partial charge in [0.15, 0.2) is 11.5 Å². The number of benzene rings is 1. The Morgan fingerprint density at radius 2 is 1.46 bits per heavy atom. The molecule has 0 aliphatic heterocycles. The smallest absolute Gasteiger partial charge is 0.339 e. The predicted octanol–water partition coefficient (Wildman–Crippen LogP) is 5.28. The number of hydrogen-bond acceptors (Lipinski definition) is 4. The number of ether oxygens (including phenoxy) is 1. The molecule has 0 atom stereocenters. The summed E-state index contributed by atoms with van der Waals surface area (Å²) < 4.78 is 5.62. The molecule has 5 heteroatoms. The molecule has 0 saturated heterocycles. The summed E-state index contributed by atoms with van der Waals surface area (Å²) in [5, 5.41) is 28.3. The minimum absolute atomic E-state index is 0.180. The van der Waals surface area contributed by atoms with E-state index >= 15 is 0 Å². The third-order valence-corrected chi connectivity index (χ3v) is 4.58. The van der Waals surface area contributed by atoms with Crippen molar-refractivity contribution >= 4 is 5.97 Å². The van der Waals surface area contributed by atoms with Crippen molar-refractivity contribution in [2.75, 3.05) is 13.2 Å². The fourth-order valence-corrected chi connectivity index (χ4v) is 3.03. The largest absolute Gasteiger partial charge is 0.504 e. The van der Waals surface area contributed by atoms with Crippen molar-refractivity contribution in [2.45, 2.75) is 77.6 Å². The monoisotopic (exact) mass is 366 g/mol. The topological polar surface area (TPSA) is 87.0 Å². The van der Waals surface area contributed by atoms with Crippen LogP contribution >= 0.6 is 0 Å². The van der Waals surface area contributed by atoms with Crippen LogP contribution in [-0.4, -0.2) is 34.5 Å². The van der Waals surface area contributed by atoms with Gasteiger partial charge in [-0.1, -0.05) is 57.9 Å².